The maximum absolute atomic E-state index is 4.83. The molecule has 0 unspecified atom stereocenters. The maximum atomic E-state index is 4.83. The lowest BCUT2D eigenvalue weighted by atomic mass is 10.4. The van der Waals surface area contributed by atoms with Gasteiger partial charge in [0, 0.05) is 13.2 Å². The SMILES string of the molecule is C=CC(=C)C.CCOCC. The molecule has 0 aliphatic rings. The molecular formula is C9H18O. The molecule has 0 bridgehead atoms. The molecule has 0 saturated heterocycles. The predicted molar refractivity (Wildman–Crippen MR) is 47.2 cm³/mol. The summed E-state index contributed by atoms with van der Waals surface area (Å²) in [4.78, 5) is 0. The molecule has 0 N–H and O–H groups in total. The lowest BCUT2D eigenvalue weighted by molar-refractivity contribution is 0.162. The van der Waals surface area contributed by atoms with Crippen molar-refractivity contribution in [1.82, 2.24) is 0 Å². The van der Waals surface area contributed by atoms with E-state index in [0.29, 0.717) is 0 Å². The second kappa shape index (κ2) is 11.3. The number of hydrogen-bond acceptors (Lipinski definition) is 1. The van der Waals surface area contributed by atoms with Crippen molar-refractivity contribution < 1.29 is 4.74 Å². The van der Waals surface area contributed by atoms with Gasteiger partial charge < -0.3 is 4.74 Å². The quantitative estimate of drug-likeness (QED) is 0.550. The van der Waals surface area contributed by atoms with Gasteiger partial charge in [-0.15, -0.1) is 0 Å². The zero-order chi connectivity index (χ0) is 8.41. The molecule has 10 heavy (non-hydrogen) atoms. The molecule has 60 valence electrons. The van der Waals surface area contributed by atoms with Crippen molar-refractivity contribution in [3.05, 3.63) is 24.8 Å². The second-order valence-corrected chi connectivity index (χ2v) is 1.83. The van der Waals surface area contributed by atoms with Crippen molar-refractivity contribution in [2.24, 2.45) is 0 Å². The van der Waals surface area contributed by atoms with E-state index in [-0.39, 0.29) is 0 Å². The number of allylic oxidation sites excluding steroid dienone is 2. The standard InChI is InChI=1S/C5H8.C4H10O/c1-4-5(2)3;1-3-5-4-2/h4H,1-2H2,3H3;3-4H2,1-2H3. The zero-order valence-corrected chi connectivity index (χ0v) is 7.31. The third-order valence-corrected chi connectivity index (χ3v) is 0.757. The molecule has 0 aromatic carbocycles. The molecule has 0 heterocycles. The van der Waals surface area contributed by atoms with E-state index in [1.807, 2.05) is 20.8 Å². The molecule has 0 saturated carbocycles. The zero-order valence-electron chi connectivity index (χ0n) is 7.31. The molecule has 0 fully saturated rings. The maximum Gasteiger partial charge on any atom is 0.0437 e. The highest BCUT2D eigenvalue weighted by Crippen LogP contribution is 1.81. The third kappa shape index (κ3) is 26.1. The molecule has 0 aliphatic heterocycles. The largest absolute Gasteiger partial charge is 0.382 e. The Hall–Kier alpha value is -0.560. The fourth-order valence-electron chi connectivity index (χ4n) is 0.204. The van der Waals surface area contributed by atoms with E-state index in [1.54, 1.807) is 6.08 Å². The summed E-state index contributed by atoms with van der Waals surface area (Å²) in [5, 5.41) is 0. The Morgan fingerprint density at radius 2 is 1.70 bits per heavy atom. The van der Waals surface area contributed by atoms with Crippen molar-refractivity contribution in [1.29, 1.82) is 0 Å². The molecule has 0 aromatic heterocycles. The van der Waals surface area contributed by atoms with Gasteiger partial charge in [-0.1, -0.05) is 24.8 Å². The topological polar surface area (TPSA) is 9.23 Å². The Balaban J connectivity index is 0. The van der Waals surface area contributed by atoms with Gasteiger partial charge in [0.25, 0.3) is 0 Å². The molecule has 0 rings (SSSR count). The van der Waals surface area contributed by atoms with Gasteiger partial charge in [-0.3, -0.25) is 0 Å². The van der Waals surface area contributed by atoms with Crippen molar-refractivity contribution in [3.8, 4) is 0 Å². The number of ether oxygens (including phenoxy) is 1. The summed E-state index contributed by atoms with van der Waals surface area (Å²) in [5.41, 5.74) is 1.02. The molecule has 0 aliphatic carbocycles. The van der Waals surface area contributed by atoms with Crippen LogP contribution in [0, 0.1) is 0 Å². The van der Waals surface area contributed by atoms with Crippen LogP contribution in [0.5, 0.6) is 0 Å². The van der Waals surface area contributed by atoms with Crippen LogP contribution in [-0.4, -0.2) is 13.2 Å². The summed E-state index contributed by atoms with van der Waals surface area (Å²) >= 11 is 0. The Kier molecular flexibility index (Phi) is 13.7. The summed E-state index contributed by atoms with van der Waals surface area (Å²) in [6, 6.07) is 0. The Morgan fingerprint density at radius 3 is 1.70 bits per heavy atom. The lowest BCUT2D eigenvalue weighted by Crippen LogP contribution is -1.84. The molecular weight excluding hydrogens is 124 g/mol. The molecule has 0 atom stereocenters. The van der Waals surface area contributed by atoms with Crippen LogP contribution in [0.15, 0.2) is 24.8 Å². The minimum Gasteiger partial charge on any atom is -0.382 e. The van der Waals surface area contributed by atoms with Gasteiger partial charge in [0.15, 0.2) is 0 Å². The van der Waals surface area contributed by atoms with Crippen LogP contribution in [0.3, 0.4) is 0 Å². The highest BCUT2D eigenvalue weighted by molar-refractivity contribution is 5.05. The number of rotatable bonds is 3. The van der Waals surface area contributed by atoms with Gasteiger partial charge in [0.1, 0.15) is 0 Å². The smallest absolute Gasteiger partial charge is 0.0437 e. The minimum absolute atomic E-state index is 0.844. The third-order valence-electron chi connectivity index (χ3n) is 0.757. The van der Waals surface area contributed by atoms with E-state index in [1.165, 1.54) is 0 Å². The average molecular weight is 142 g/mol. The van der Waals surface area contributed by atoms with Gasteiger partial charge in [-0.25, -0.2) is 0 Å². The van der Waals surface area contributed by atoms with E-state index < -0.39 is 0 Å². The first kappa shape index (κ1) is 12.1. The summed E-state index contributed by atoms with van der Waals surface area (Å²) in [7, 11) is 0. The molecule has 0 radical (unpaired) electrons. The van der Waals surface area contributed by atoms with Gasteiger partial charge in [-0.05, 0) is 20.8 Å². The van der Waals surface area contributed by atoms with Crippen molar-refractivity contribution in [2.75, 3.05) is 13.2 Å². The van der Waals surface area contributed by atoms with Gasteiger partial charge in [0.2, 0.25) is 0 Å². The van der Waals surface area contributed by atoms with Crippen LogP contribution in [-0.2, 0) is 4.74 Å². The Bertz CT molecular complexity index is 82.7. The van der Waals surface area contributed by atoms with Crippen LogP contribution in [0.2, 0.25) is 0 Å². The molecule has 0 spiro atoms. The Morgan fingerprint density at radius 1 is 1.40 bits per heavy atom. The van der Waals surface area contributed by atoms with E-state index in [9.17, 15) is 0 Å². The summed E-state index contributed by atoms with van der Waals surface area (Å²) in [5.74, 6) is 0. The molecule has 0 aromatic rings. The Labute approximate surface area is 64.4 Å². The first-order chi connectivity index (χ1) is 4.68. The summed E-state index contributed by atoms with van der Waals surface area (Å²) in [6.45, 7) is 14.6. The van der Waals surface area contributed by atoms with Crippen LogP contribution in [0.25, 0.3) is 0 Å². The molecule has 0 amide bonds. The van der Waals surface area contributed by atoms with Crippen molar-refractivity contribution in [2.45, 2.75) is 20.8 Å². The first-order valence-corrected chi connectivity index (χ1v) is 3.54. The van der Waals surface area contributed by atoms with Crippen LogP contribution >= 0.6 is 0 Å². The van der Waals surface area contributed by atoms with Gasteiger partial charge >= 0.3 is 0 Å². The van der Waals surface area contributed by atoms with Crippen LogP contribution in [0.4, 0.5) is 0 Å². The average Bonchev–Trinajstić information content (AvgIpc) is 1.91. The van der Waals surface area contributed by atoms with E-state index in [2.05, 4.69) is 13.2 Å². The second-order valence-electron chi connectivity index (χ2n) is 1.83. The number of hydrogen-bond donors (Lipinski definition) is 0. The van der Waals surface area contributed by atoms with Crippen molar-refractivity contribution in [3.63, 3.8) is 0 Å². The van der Waals surface area contributed by atoms with E-state index >= 15 is 0 Å². The fourth-order valence-corrected chi connectivity index (χ4v) is 0.204. The highest BCUT2D eigenvalue weighted by Gasteiger charge is 1.64. The van der Waals surface area contributed by atoms with Crippen LogP contribution < -0.4 is 0 Å². The monoisotopic (exact) mass is 142 g/mol. The first-order valence-electron chi connectivity index (χ1n) is 3.54. The van der Waals surface area contributed by atoms with Gasteiger partial charge in [0.05, 0.1) is 0 Å². The molecule has 1 heteroatoms. The molecule has 1 nitrogen and oxygen atoms in total. The van der Waals surface area contributed by atoms with Gasteiger partial charge in [-0.2, -0.15) is 0 Å². The minimum atomic E-state index is 0.844. The fraction of sp³-hybridized carbons (Fsp3) is 0.556. The lowest BCUT2D eigenvalue weighted by Gasteiger charge is -1.86. The van der Waals surface area contributed by atoms with E-state index in [4.69, 9.17) is 4.74 Å². The summed E-state index contributed by atoms with van der Waals surface area (Å²) < 4.78 is 4.83. The van der Waals surface area contributed by atoms with Crippen molar-refractivity contribution >= 4 is 0 Å². The van der Waals surface area contributed by atoms with Crippen LogP contribution in [0.1, 0.15) is 20.8 Å². The van der Waals surface area contributed by atoms with E-state index in [0.717, 1.165) is 18.8 Å². The highest BCUT2D eigenvalue weighted by atomic mass is 16.5. The predicted octanol–water partition coefficient (Wildman–Crippen LogP) is 2.79. The normalized spacial score (nSPS) is 7.50. The summed E-state index contributed by atoms with van der Waals surface area (Å²) in [6.07, 6.45) is 1.72.